The number of rotatable bonds is 5. The van der Waals surface area contributed by atoms with Crippen molar-refractivity contribution in [3.8, 4) is 22.6 Å². The van der Waals surface area contributed by atoms with Crippen LogP contribution in [-0.2, 0) is 4.79 Å². The molecule has 1 aliphatic heterocycles. The van der Waals surface area contributed by atoms with Crippen molar-refractivity contribution in [2.45, 2.75) is 17.1 Å². The van der Waals surface area contributed by atoms with Crippen molar-refractivity contribution in [3.63, 3.8) is 0 Å². The van der Waals surface area contributed by atoms with E-state index in [2.05, 4.69) is 6.58 Å². The Morgan fingerprint density at radius 1 is 1.31 bits per heavy atom. The monoisotopic (exact) mass is 387 g/mol. The fourth-order valence-electron chi connectivity index (χ4n) is 2.89. The lowest BCUT2D eigenvalue weighted by Gasteiger charge is -2.17. The van der Waals surface area contributed by atoms with Gasteiger partial charge in [-0.1, -0.05) is 36.5 Å². The number of carbonyl (C=O) groups is 1. The minimum Gasteiger partial charge on any atom is -0.504 e. The average Bonchev–Trinajstić information content (AvgIpc) is 2.91. The number of phenolic OH excluding ortho intramolecular Hbond substituents is 1. The van der Waals surface area contributed by atoms with Crippen molar-refractivity contribution in [1.29, 1.82) is 0 Å². The number of aromatic hydroxyl groups is 1. The molecule has 26 heavy (non-hydrogen) atoms. The van der Waals surface area contributed by atoms with Gasteiger partial charge in [-0.05, 0) is 42.5 Å². The summed E-state index contributed by atoms with van der Waals surface area (Å²) in [6.45, 7) is 6.23. The number of thioether (sulfide) groups is 2. The summed E-state index contributed by atoms with van der Waals surface area (Å²) in [6.07, 6.45) is 2.00. The van der Waals surface area contributed by atoms with Crippen molar-refractivity contribution in [2.75, 3.05) is 19.9 Å². The summed E-state index contributed by atoms with van der Waals surface area (Å²) in [7, 11) is 1.73. The van der Waals surface area contributed by atoms with Crippen molar-refractivity contribution >= 4 is 29.4 Å². The number of hydrogen-bond donors (Lipinski definition) is 1. The van der Waals surface area contributed by atoms with Gasteiger partial charge in [-0.2, -0.15) is 0 Å². The third-order valence-electron chi connectivity index (χ3n) is 4.28. The molecule has 0 saturated carbocycles. The summed E-state index contributed by atoms with van der Waals surface area (Å²) in [5.74, 6) is 0.474. The van der Waals surface area contributed by atoms with Crippen molar-refractivity contribution < 1.29 is 14.6 Å². The predicted molar refractivity (Wildman–Crippen MR) is 109 cm³/mol. The number of phenols is 1. The van der Waals surface area contributed by atoms with E-state index in [1.165, 1.54) is 11.8 Å². The summed E-state index contributed by atoms with van der Waals surface area (Å²) < 4.78 is 5.65. The van der Waals surface area contributed by atoms with E-state index in [9.17, 15) is 9.90 Å². The van der Waals surface area contributed by atoms with Crippen molar-refractivity contribution in [2.24, 2.45) is 0 Å². The van der Waals surface area contributed by atoms with Gasteiger partial charge in [-0.25, -0.2) is 0 Å². The van der Waals surface area contributed by atoms with Gasteiger partial charge in [-0.3, -0.25) is 4.79 Å². The van der Waals surface area contributed by atoms with E-state index in [4.69, 9.17) is 4.74 Å². The summed E-state index contributed by atoms with van der Waals surface area (Å²) in [5.41, 5.74) is 2.39. The third kappa shape index (κ3) is 3.31. The Labute approximate surface area is 162 Å². The molecule has 0 bridgehead atoms. The molecule has 136 valence electrons. The van der Waals surface area contributed by atoms with Gasteiger partial charge in [0.1, 0.15) is 5.25 Å². The standard InChI is InChI=1S/C20H21NO3S2/c1-5-24-16-11-13(19-20(23)21(3)12(2)26-19)10-15(18(16)22)14-8-6-7-9-17(14)25-4/h6-11,19,22H,2,5H2,1,3-4H3. The zero-order chi connectivity index (χ0) is 18.8. The normalized spacial score (nSPS) is 17.0. The number of nitrogens with zero attached hydrogens (tertiary/aromatic N) is 1. The van der Waals surface area contributed by atoms with Crippen LogP contribution in [0, 0.1) is 0 Å². The molecule has 1 heterocycles. The van der Waals surface area contributed by atoms with Crippen LogP contribution in [0.4, 0.5) is 0 Å². The molecule has 1 amide bonds. The molecule has 1 aliphatic rings. The molecule has 1 fully saturated rings. The highest BCUT2D eigenvalue weighted by atomic mass is 32.2. The topological polar surface area (TPSA) is 49.8 Å². The van der Waals surface area contributed by atoms with Gasteiger partial charge in [-0.15, -0.1) is 11.8 Å². The molecule has 1 atom stereocenters. The van der Waals surface area contributed by atoms with E-state index in [0.717, 1.165) is 21.1 Å². The Morgan fingerprint density at radius 3 is 2.65 bits per heavy atom. The molecule has 4 nitrogen and oxygen atoms in total. The highest BCUT2D eigenvalue weighted by molar-refractivity contribution is 8.04. The largest absolute Gasteiger partial charge is 0.504 e. The maximum Gasteiger partial charge on any atom is 0.245 e. The highest BCUT2D eigenvalue weighted by Crippen LogP contribution is 2.48. The summed E-state index contributed by atoms with van der Waals surface area (Å²) in [6, 6.07) is 11.5. The summed E-state index contributed by atoms with van der Waals surface area (Å²) in [4.78, 5) is 15.2. The number of hydrogen-bond acceptors (Lipinski definition) is 5. The Balaban J connectivity index is 2.17. The van der Waals surface area contributed by atoms with Gasteiger partial charge in [0.15, 0.2) is 11.5 Å². The Hall–Kier alpha value is -2.05. The van der Waals surface area contributed by atoms with Gasteiger partial charge >= 0.3 is 0 Å². The van der Waals surface area contributed by atoms with Crippen molar-refractivity contribution in [1.82, 2.24) is 4.90 Å². The van der Waals surface area contributed by atoms with Gasteiger partial charge < -0.3 is 14.7 Å². The molecule has 0 spiro atoms. The first kappa shape index (κ1) is 18.7. The molecule has 0 radical (unpaired) electrons. The Bertz CT molecular complexity index is 866. The van der Waals surface area contributed by atoms with Gasteiger partial charge in [0.05, 0.1) is 11.6 Å². The Kier molecular flexibility index (Phi) is 5.53. The van der Waals surface area contributed by atoms with Crippen LogP contribution in [0.5, 0.6) is 11.5 Å². The minimum absolute atomic E-state index is 0.0164. The lowest BCUT2D eigenvalue weighted by atomic mass is 9.99. The highest BCUT2D eigenvalue weighted by Gasteiger charge is 2.35. The Morgan fingerprint density at radius 2 is 2.04 bits per heavy atom. The quantitative estimate of drug-likeness (QED) is 0.740. The lowest BCUT2D eigenvalue weighted by Crippen LogP contribution is -2.20. The molecule has 3 rings (SSSR count). The van der Waals surface area contributed by atoms with Crippen LogP contribution in [0.1, 0.15) is 17.7 Å². The molecule has 1 unspecified atom stereocenters. The molecule has 6 heteroatoms. The number of ether oxygens (including phenoxy) is 1. The molecule has 1 N–H and O–H groups in total. The molecular formula is C20H21NO3S2. The first-order valence-corrected chi connectivity index (χ1v) is 10.3. The molecule has 2 aromatic rings. The summed E-state index contributed by atoms with van der Waals surface area (Å²) >= 11 is 3.03. The zero-order valence-corrected chi connectivity index (χ0v) is 16.6. The smallest absolute Gasteiger partial charge is 0.245 e. The predicted octanol–water partition coefficient (Wildman–Crippen LogP) is 4.90. The molecule has 2 aromatic carbocycles. The van der Waals surface area contributed by atoms with Crippen molar-refractivity contribution in [3.05, 3.63) is 53.6 Å². The van der Waals surface area contributed by atoms with Crippen LogP contribution < -0.4 is 4.74 Å². The van der Waals surface area contributed by atoms with Crippen LogP contribution in [0.25, 0.3) is 11.1 Å². The van der Waals surface area contributed by atoms with E-state index in [1.807, 2.05) is 43.5 Å². The molecule has 0 aliphatic carbocycles. The van der Waals surface area contributed by atoms with E-state index < -0.39 is 0 Å². The summed E-state index contributed by atoms with van der Waals surface area (Å²) in [5, 5.41) is 11.1. The molecular weight excluding hydrogens is 366 g/mol. The second-order valence-electron chi connectivity index (χ2n) is 5.84. The number of benzene rings is 2. The maximum absolute atomic E-state index is 12.6. The van der Waals surface area contributed by atoms with Crippen LogP contribution >= 0.6 is 23.5 Å². The van der Waals surface area contributed by atoms with Crippen LogP contribution in [0.2, 0.25) is 0 Å². The number of carbonyl (C=O) groups excluding carboxylic acids is 1. The van der Waals surface area contributed by atoms with Gasteiger partial charge in [0.25, 0.3) is 0 Å². The average molecular weight is 388 g/mol. The fourth-order valence-corrected chi connectivity index (χ4v) is 4.56. The second kappa shape index (κ2) is 7.68. The van der Waals surface area contributed by atoms with E-state index in [-0.39, 0.29) is 16.9 Å². The van der Waals surface area contributed by atoms with Gasteiger partial charge in [0.2, 0.25) is 5.91 Å². The first-order chi connectivity index (χ1) is 12.5. The minimum atomic E-state index is -0.382. The van der Waals surface area contributed by atoms with Gasteiger partial charge in [0, 0.05) is 17.5 Å². The van der Waals surface area contributed by atoms with E-state index in [0.29, 0.717) is 17.9 Å². The third-order valence-corrected chi connectivity index (χ3v) is 6.33. The first-order valence-electron chi connectivity index (χ1n) is 8.24. The maximum atomic E-state index is 12.6. The lowest BCUT2D eigenvalue weighted by molar-refractivity contribution is -0.126. The second-order valence-corrected chi connectivity index (χ2v) is 7.86. The van der Waals surface area contributed by atoms with E-state index >= 15 is 0 Å². The number of likely N-dealkylation sites (N-methyl/N-ethyl adjacent to an activating group) is 1. The van der Waals surface area contributed by atoms with Crippen LogP contribution in [-0.4, -0.2) is 35.8 Å². The fraction of sp³-hybridized carbons (Fsp3) is 0.250. The molecule has 0 aromatic heterocycles. The van der Waals surface area contributed by atoms with Crippen LogP contribution in [0.15, 0.2) is 52.9 Å². The van der Waals surface area contributed by atoms with Crippen LogP contribution in [0.3, 0.4) is 0 Å². The SMILES string of the molecule is C=C1SC(c2cc(OCC)c(O)c(-c3ccccc3SC)c2)C(=O)N1C. The van der Waals surface area contributed by atoms with E-state index in [1.54, 1.807) is 29.8 Å². The number of amides is 1. The zero-order valence-electron chi connectivity index (χ0n) is 15.0. The molecule has 1 saturated heterocycles.